The molecule has 108 valence electrons. The van der Waals surface area contributed by atoms with Gasteiger partial charge in [0.2, 0.25) is 0 Å². The van der Waals surface area contributed by atoms with Crippen molar-refractivity contribution in [3.63, 3.8) is 0 Å². The van der Waals surface area contributed by atoms with Crippen LogP contribution in [0.15, 0.2) is 29.4 Å². The minimum atomic E-state index is -1.09. The molecule has 1 atom stereocenters. The molecule has 0 fully saturated rings. The quantitative estimate of drug-likeness (QED) is 0.330. The number of nitrogens with one attached hydrogen (secondary N) is 1. The fourth-order valence-corrected chi connectivity index (χ4v) is 2.12. The largest absolute Gasteiger partial charge is 0.480 e. The van der Waals surface area contributed by atoms with Crippen LogP contribution >= 0.6 is 0 Å². The third-order valence-corrected chi connectivity index (χ3v) is 3.36. The van der Waals surface area contributed by atoms with Crippen molar-refractivity contribution in [1.82, 2.24) is 5.32 Å². The first-order valence-electron chi connectivity index (χ1n) is 6.63. The number of carboxylic acid groups (broad SMARTS) is 1. The predicted octanol–water partition coefficient (Wildman–Crippen LogP) is 2.97. The van der Waals surface area contributed by atoms with Crippen LogP contribution in [0.25, 0.3) is 10.4 Å². The molecular weight excluding hydrogens is 256 g/mol. The number of carboxylic acids is 1. The highest BCUT2D eigenvalue weighted by molar-refractivity contribution is 5.80. The van der Waals surface area contributed by atoms with E-state index in [9.17, 15) is 9.90 Å². The van der Waals surface area contributed by atoms with Gasteiger partial charge in [0.25, 0.3) is 0 Å². The topological polar surface area (TPSA) is 98.1 Å². The Labute approximate surface area is 118 Å². The first kappa shape index (κ1) is 16.0. The smallest absolute Gasteiger partial charge is 0.328 e. The van der Waals surface area contributed by atoms with Gasteiger partial charge in [0.1, 0.15) is 5.54 Å². The van der Waals surface area contributed by atoms with Crippen LogP contribution in [0.5, 0.6) is 0 Å². The van der Waals surface area contributed by atoms with E-state index < -0.39 is 11.5 Å². The molecule has 6 nitrogen and oxygen atoms in total. The zero-order valence-electron chi connectivity index (χ0n) is 11.8. The van der Waals surface area contributed by atoms with E-state index in [0.29, 0.717) is 25.9 Å². The minimum Gasteiger partial charge on any atom is -0.480 e. The molecule has 6 heteroatoms. The predicted molar refractivity (Wildman–Crippen MR) is 77.4 cm³/mol. The van der Waals surface area contributed by atoms with E-state index in [0.717, 1.165) is 11.1 Å². The Hall–Kier alpha value is -2.04. The van der Waals surface area contributed by atoms with Gasteiger partial charge in [0.15, 0.2) is 0 Å². The molecule has 0 saturated heterocycles. The van der Waals surface area contributed by atoms with Crippen LogP contribution in [-0.4, -0.2) is 24.2 Å². The lowest BCUT2D eigenvalue weighted by molar-refractivity contribution is -0.145. The van der Waals surface area contributed by atoms with Gasteiger partial charge in [0, 0.05) is 11.5 Å². The van der Waals surface area contributed by atoms with E-state index >= 15 is 0 Å². The maximum atomic E-state index is 11.7. The summed E-state index contributed by atoms with van der Waals surface area (Å²) in [5.74, 6) is -0.896. The fourth-order valence-electron chi connectivity index (χ4n) is 2.12. The summed E-state index contributed by atoms with van der Waals surface area (Å²) in [6.45, 7) is 4.64. The molecular formula is C14H20N4O2. The molecule has 2 N–H and O–H groups in total. The van der Waals surface area contributed by atoms with Gasteiger partial charge in [0.05, 0.1) is 0 Å². The Morgan fingerprint density at radius 2 is 2.10 bits per heavy atom. The number of rotatable bonds is 8. The summed E-state index contributed by atoms with van der Waals surface area (Å²) in [6.07, 6.45) is 1.04. The molecule has 0 amide bonds. The molecule has 0 spiro atoms. The lowest BCUT2D eigenvalue weighted by Crippen LogP contribution is -2.49. The normalized spacial score (nSPS) is 13.3. The fraction of sp³-hybridized carbons (Fsp3) is 0.500. The molecule has 1 aromatic rings. The number of azide groups is 1. The molecule has 1 rings (SSSR count). The van der Waals surface area contributed by atoms with Crippen molar-refractivity contribution >= 4 is 5.97 Å². The number of benzene rings is 1. The van der Waals surface area contributed by atoms with Gasteiger partial charge in [-0.1, -0.05) is 41.9 Å². The second-order valence-electron chi connectivity index (χ2n) is 4.66. The summed E-state index contributed by atoms with van der Waals surface area (Å²) < 4.78 is 0. The molecule has 0 aliphatic heterocycles. The second kappa shape index (κ2) is 7.53. The summed E-state index contributed by atoms with van der Waals surface area (Å²) in [4.78, 5) is 14.4. The van der Waals surface area contributed by atoms with Crippen molar-refractivity contribution < 1.29 is 9.90 Å². The Bertz CT molecular complexity index is 494. The van der Waals surface area contributed by atoms with E-state index in [-0.39, 0.29) is 0 Å². The van der Waals surface area contributed by atoms with Crippen LogP contribution in [0.3, 0.4) is 0 Å². The number of aryl methyl sites for hydroxylation is 1. The Morgan fingerprint density at radius 3 is 2.60 bits per heavy atom. The summed E-state index contributed by atoms with van der Waals surface area (Å²) >= 11 is 0. The summed E-state index contributed by atoms with van der Waals surface area (Å²) in [5, 5.41) is 16.1. The molecule has 20 heavy (non-hydrogen) atoms. The van der Waals surface area contributed by atoms with Gasteiger partial charge in [-0.25, -0.2) is 4.79 Å². The van der Waals surface area contributed by atoms with Gasteiger partial charge in [-0.2, -0.15) is 0 Å². The van der Waals surface area contributed by atoms with E-state index in [1.807, 2.05) is 38.1 Å². The lowest BCUT2D eigenvalue weighted by atomic mass is 9.86. The van der Waals surface area contributed by atoms with Gasteiger partial charge in [-0.05, 0) is 37.4 Å². The van der Waals surface area contributed by atoms with Crippen molar-refractivity contribution in [2.45, 2.75) is 32.2 Å². The standard InChI is InChI=1S/C14H20N4O2/c1-3-14(13(19)20,16-9-4-10-17-18-15)12-7-5-11(2)6-8-12/h5-8,16H,3-4,9-10H2,1-2H3,(H,19,20). The summed E-state index contributed by atoms with van der Waals surface area (Å²) in [6, 6.07) is 7.50. The van der Waals surface area contributed by atoms with Crippen molar-refractivity contribution in [3.05, 3.63) is 45.8 Å². The summed E-state index contributed by atoms with van der Waals surface area (Å²) in [7, 11) is 0. The molecule has 1 unspecified atom stereocenters. The van der Waals surface area contributed by atoms with E-state index in [4.69, 9.17) is 5.53 Å². The molecule has 0 heterocycles. The molecule has 0 bridgehead atoms. The SMILES string of the molecule is CCC(NCCCN=[N+]=[N-])(C(=O)O)c1ccc(C)cc1. The zero-order chi connectivity index (χ0) is 15.0. The highest BCUT2D eigenvalue weighted by atomic mass is 16.4. The lowest BCUT2D eigenvalue weighted by Gasteiger charge is -2.30. The number of nitrogens with zero attached hydrogens (tertiary/aromatic N) is 3. The number of hydrogen-bond donors (Lipinski definition) is 2. The van der Waals surface area contributed by atoms with Crippen LogP contribution in [0.1, 0.15) is 30.9 Å². The van der Waals surface area contributed by atoms with Crippen LogP contribution in [0, 0.1) is 6.92 Å². The number of carbonyl (C=O) groups is 1. The molecule has 1 aromatic carbocycles. The van der Waals surface area contributed by atoms with Crippen molar-refractivity contribution in [2.75, 3.05) is 13.1 Å². The van der Waals surface area contributed by atoms with Crippen molar-refractivity contribution in [2.24, 2.45) is 5.11 Å². The van der Waals surface area contributed by atoms with Crippen LogP contribution in [-0.2, 0) is 10.3 Å². The highest BCUT2D eigenvalue weighted by Gasteiger charge is 2.37. The monoisotopic (exact) mass is 276 g/mol. The van der Waals surface area contributed by atoms with Gasteiger partial charge >= 0.3 is 5.97 Å². The van der Waals surface area contributed by atoms with Crippen LogP contribution in [0.2, 0.25) is 0 Å². The maximum Gasteiger partial charge on any atom is 0.328 e. The van der Waals surface area contributed by atoms with Crippen LogP contribution < -0.4 is 5.32 Å². The van der Waals surface area contributed by atoms with E-state index in [1.165, 1.54) is 0 Å². The molecule has 0 aliphatic carbocycles. The average Bonchev–Trinajstić information content (AvgIpc) is 2.44. The molecule has 0 aliphatic rings. The van der Waals surface area contributed by atoms with Gasteiger partial charge < -0.3 is 5.11 Å². The second-order valence-corrected chi connectivity index (χ2v) is 4.66. The first-order chi connectivity index (χ1) is 9.56. The Kier molecular flexibility index (Phi) is 6.03. The molecule has 0 aromatic heterocycles. The number of hydrogen-bond acceptors (Lipinski definition) is 3. The average molecular weight is 276 g/mol. The molecule has 0 radical (unpaired) electrons. The Balaban J connectivity index is 2.88. The van der Waals surface area contributed by atoms with Gasteiger partial charge in [-0.3, -0.25) is 5.32 Å². The Morgan fingerprint density at radius 1 is 1.45 bits per heavy atom. The molecule has 0 saturated carbocycles. The van der Waals surface area contributed by atoms with E-state index in [1.54, 1.807) is 0 Å². The first-order valence-corrected chi connectivity index (χ1v) is 6.63. The third-order valence-electron chi connectivity index (χ3n) is 3.36. The summed E-state index contributed by atoms with van der Waals surface area (Å²) in [5.41, 5.74) is 8.94. The zero-order valence-corrected chi connectivity index (χ0v) is 11.8. The minimum absolute atomic E-state index is 0.358. The highest BCUT2D eigenvalue weighted by Crippen LogP contribution is 2.26. The third kappa shape index (κ3) is 3.73. The van der Waals surface area contributed by atoms with Crippen LogP contribution in [0.4, 0.5) is 0 Å². The van der Waals surface area contributed by atoms with E-state index in [2.05, 4.69) is 15.3 Å². The van der Waals surface area contributed by atoms with Gasteiger partial charge in [-0.15, -0.1) is 0 Å². The maximum absolute atomic E-state index is 11.7. The number of aliphatic carboxylic acids is 1. The van der Waals surface area contributed by atoms with Crippen molar-refractivity contribution in [1.29, 1.82) is 0 Å². The van der Waals surface area contributed by atoms with Crippen molar-refractivity contribution in [3.8, 4) is 0 Å².